The van der Waals surface area contributed by atoms with E-state index >= 15 is 0 Å². The fourth-order valence-electron chi connectivity index (χ4n) is 1.78. The largest absolute Gasteiger partial charge is 0.468 e. The number of fused-ring (bicyclic) bond motifs is 1. The van der Waals surface area contributed by atoms with E-state index in [9.17, 15) is 4.79 Å². The fourth-order valence-corrected chi connectivity index (χ4v) is 1.78. The normalized spacial score (nSPS) is 15.3. The lowest BCUT2D eigenvalue weighted by atomic mass is 10.3. The first-order valence-electron chi connectivity index (χ1n) is 5.07. The van der Waals surface area contributed by atoms with Crippen LogP contribution in [-0.2, 0) is 29.2 Å². The van der Waals surface area contributed by atoms with E-state index in [2.05, 4.69) is 21.7 Å². The molecule has 0 radical (unpaired) electrons. The second-order valence-corrected chi connectivity index (χ2v) is 3.68. The molecule has 15 heavy (non-hydrogen) atoms. The molecule has 0 unspecified atom stereocenters. The molecule has 0 spiro atoms. The van der Waals surface area contributed by atoms with E-state index in [-0.39, 0.29) is 12.5 Å². The summed E-state index contributed by atoms with van der Waals surface area (Å²) in [5, 5.41) is 4.35. The summed E-state index contributed by atoms with van der Waals surface area (Å²) in [5.74, 6) is -0.261. The van der Waals surface area contributed by atoms with Gasteiger partial charge in [0, 0.05) is 24.8 Å². The van der Waals surface area contributed by atoms with Crippen molar-refractivity contribution in [3.8, 4) is 0 Å². The molecule has 1 aliphatic rings. The zero-order valence-corrected chi connectivity index (χ0v) is 9.06. The number of methoxy groups -OCH3 is 1. The lowest BCUT2D eigenvalue weighted by Crippen LogP contribution is -2.17. The first-order valence-corrected chi connectivity index (χ1v) is 5.07. The van der Waals surface area contributed by atoms with Crippen LogP contribution in [0, 0.1) is 0 Å². The van der Waals surface area contributed by atoms with Crippen LogP contribution in [0.5, 0.6) is 0 Å². The van der Waals surface area contributed by atoms with Crippen molar-refractivity contribution in [2.24, 2.45) is 0 Å². The van der Waals surface area contributed by atoms with Gasteiger partial charge in [-0.1, -0.05) is 6.92 Å². The molecule has 0 fully saturated rings. The highest BCUT2D eigenvalue weighted by Gasteiger charge is 2.21. The SMILES string of the molecule is CCN1Cc2cn(CC(=O)OC)nc2C1. The van der Waals surface area contributed by atoms with Gasteiger partial charge in [0.1, 0.15) is 6.54 Å². The average Bonchev–Trinajstić information content (AvgIpc) is 2.74. The maximum atomic E-state index is 11.0. The van der Waals surface area contributed by atoms with Gasteiger partial charge >= 0.3 is 5.97 Å². The van der Waals surface area contributed by atoms with Crippen molar-refractivity contribution >= 4 is 5.97 Å². The highest BCUT2D eigenvalue weighted by molar-refractivity contribution is 5.68. The molecule has 0 aliphatic carbocycles. The van der Waals surface area contributed by atoms with Crippen LogP contribution in [0.1, 0.15) is 18.2 Å². The van der Waals surface area contributed by atoms with Crippen LogP contribution in [0.15, 0.2) is 6.20 Å². The number of carbonyl (C=O) groups excluding carboxylic acids is 1. The molecular weight excluding hydrogens is 194 g/mol. The molecular formula is C10H15N3O2. The van der Waals surface area contributed by atoms with Crippen LogP contribution in [0.4, 0.5) is 0 Å². The molecule has 2 heterocycles. The molecule has 0 aromatic carbocycles. The number of hydrogen-bond donors (Lipinski definition) is 0. The molecule has 0 saturated carbocycles. The Kier molecular flexibility index (Phi) is 2.73. The van der Waals surface area contributed by atoms with Gasteiger partial charge in [-0.15, -0.1) is 0 Å². The smallest absolute Gasteiger partial charge is 0.327 e. The Morgan fingerprint density at radius 3 is 3.00 bits per heavy atom. The Morgan fingerprint density at radius 2 is 2.40 bits per heavy atom. The molecule has 2 rings (SSSR count). The van der Waals surface area contributed by atoms with Gasteiger partial charge in [0.05, 0.1) is 12.8 Å². The molecule has 0 atom stereocenters. The monoisotopic (exact) mass is 209 g/mol. The summed E-state index contributed by atoms with van der Waals surface area (Å²) in [5.41, 5.74) is 2.31. The van der Waals surface area contributed by atoms with E-state index in [1.54, 1.807) is 4.68 Å². The Hall–Kier alpha value is -1.36. The van der Waals surface area contributed by atoms with Crippen molar-refractivity contribution in [2.45, 2.75) is 26.6 Å². The quantitative estimate of drug-likeness (QED) is 0.676. The van der Waals surface area contributed by atoms with Crippen molar-refractivity contribution in [3.05, 3.63) is 17.5 Å². The van der Waals surface area contributed by atoms with E-state index in [4.69, 9.17) is 0 Å². The van der Waals surface area contributed by atoms with Crippen molar-refractivity contribution in [3.63, 3.8) is 0 Å². The minimum atomic E-state index is -0.261. The van der Waals surface area contributed by atoms with Gasteiger partial charge in [0.15, 0.2) is 0 Å². The number of carbonyl (C=O) groups is 1. The predicted octanol–water partition coefficient (Wildman–Crippen LogP) is 0.392. The van der Waals surface area contributed by atoms with Crippen LogP contribution in [0.3, 0.4) is 0 Å². The van der Waals surface area contributed by atoms with Crippen molar-refractivity contribution < 1.29 is 9.53 Å². The summed E-state index contributed by atoms with van der Waals surface area (Å²) in [4.78, 5) is 13.3. The minimum absolute atomic E-state index is 0.204. The van der Waals surface area contributed by atoms with E-state index in [0.717, 1.165) is 25.3 Å². The molecule has 0 N–H and O–H groups in total. The molecule has 1 aliphatic heterocycles. The Labute approximate surface area is 88.6 Å². The lowest BCUT2D eigenvalue weighted by Gasteiger charge is -2.10. The van der Waals surface area contributed by atoms with Gasteiger partial charge in [-0.05, 0) is 6.54 Å². The van der Waals surface area contributed by atoms with Crippen LogP contribution in [-0.4, -0.2) is 34.3 Å². The number of nitrogens with zero attached hydrogens (tertiary/aromatic N) is 3. The summed E-state index contributed by atoms with van der Waals surface area (Å²) in [6, 6.07) is 0. The first-order chi connectivity index (χ1) is 7.22. The highest BCUT2D eigenvalue weighted by Crippen LogP contribution is 2.20. The van der Waals surface area contributed by atoms with E-state index in [1.807, 2.05) is 6.20 Å². The van der Waals surface area contributed by atoms with Gasteiger partial charge in [-0.3, -0.25) is 14.4 Å². The van der Waals surface area contributed by atoms with E-state index < -0.39 is 0 Å². The van der Waals surface area contributed by atoms with E-state index in [0.29, 0.717) is 0 Å². The second-order valence-electron chi connectivity index (χ2n) is 3.68. The standard InChI is InChI=1S/C10H15N3O2/c1-3-12-4-8-5-13(7-10(14)15-2)11-9(8)6-12/h5H,3-4,6-7H2,1-2H3. The van der Waals surface area contributed by atoms with Crippen molar-refractivity contribution in [2.75, 3.05) is 13.7 Å². The molecule has 1 aromatic rings. The summed E-state index contributed by atoms with van der Waals surface area (Å²) in [6.07, 6.45) is 1.93. The number of hydrogen-bond acceptors (Lipinski definition) is 4. The Balaban J connectivity index is 2.05. The van der Waals surface area contributed by atoms with Crippen LogP contribution >= 0.6 is 0 Å². The predicted molar refractivity (Wildman–Crippen MR) is 54.0 cm³/mol. The lowest BCUT2D eigenvalue weighted by molar-refractivity contribution is -0.141. The van der Waals surface area contributed by atoms with Gasteiger partial charge in [0.2, 0.25) is 0 Å². The Bertz CT molecular complexity index is 349. The molecule has 0 amide bonds. The molecule has 5 heteroatoms. The maximum Gasteiger partial charge on any atom is 0.327 e. The fraction of sp³-hybridized carbons (Fsp3) is 0.600. The Morgan fingerprint density at radius 1 is 1.60 bits per heavy atom. The third-order valence-corrected chi connectivity index (χ3v) is 2.66. The number of ether oxygens (including phenoxy) is 1. The number of aromatic nitrogens is 2. The highest BCUT2D eigenvalue weighted by atomic mass is 16.5. The summed E-state index contributed by atoms with van der Waals surface area (Å²) >= 11 is 0. The van der Waals surface area contributed by atoms with Crippen LogP contribution < -0.4 is 0 Å². The third-order valence-electron chi connectivity index (χ3n) is 2.66. The number of esters is 1. The van der Waals surface area contributed by atoms with E-state index in [1.165, 1.54) is 12.7 Å². The van der Waals surface area contributed by atoms with Crippen LogP contribution in [0.2, 0.25) is 0 Å². The second kappa shape index (κ2) is 4.02. The van der Waals surface area contributed by atoms with Crippen molar-refractivity contribution in [1.29, 1.82) is 0 Å². The van der Waals surface area contributed by atoms with Gasteiger partial charge in [-0.25, -0.2) is 0 Å². The molecule has 1 aromatic heterocycles. The van der Waals surface area contributed by atoms with Crippen molar-refractivity contribution in [1.82, 2.24) is 14.7 Å². The zero-order valence-electron chi connectivity index (χ0n) is 9.06. The maximum absolute atomic E-state index is 11.0. The summed E-state index contributed by atoms with van der Waals surface area (Å²) in [7, 11) is 1.39. The molecule has 0 bridgehead atoms. The topological polar surface area (TPSA) is 47.4 Å². The summed E-state index contributed by atoms with van der Waals surface area (Å²) in [6.45, 7) is 5.20. The molecule has 5 nitrogen and oxygen atoms in total. The van der Waals surface area contributed by atoms with Crippen LogP contribution in [0.25, 0.3) is 0 Å². The first kappa shape index (κ1) is 10.2. The van der Waals surface area contributed by atoms with Gasteiger partial charge in [0.25, 0.3) is 0 Å². The van der Waals surface area contributed by atoms with Gasteiger partial charge < -0.3 is 4.74 Å². The van der Waals surface area contributed by atoms with Gasteiger partial charge in [-0.2, -0.15) is 5.10 Å². The molecule has 82 valence electrons. The average molecular weight is 209 g/mol. The zero-order chi connectivity index (χ0) is 10.8. The minimum Gasteiger partial charge on any atom is -0.468 e. The third kappa shape index (κ3) is 2.02. The summed E-state index contributed by atoms with van der Waals surface area (Å²) < 4.78 is 6.24. The number of rotatable bonds is 3. The molecule has 0 saturated heterocycles.